The Bertz CT molecular complexity index is 354. The van der Waals surface area contributed by atoms with Gasteiger partial charge in [-0.2, -0.15) is 0 Å². The average Bonchev–Trinajstić information content (AvgIpc) is 2.87. The molecule has 1 saturated heterocycles. The highest BCUT2D eigenvalue weighted by molar-refractivity contribution is 5.82. The van der Waals surface area contributed by atoms with Crippen LogP contribution in [0.25, 0.3) is 0 Å². The number of nitrogens with one attached hydrogen (secondary N) is 2. The minimum atomic E-state index is -1.24. The van der Waals surface area contributed by atoms with Crippen molar-refractivity contribution in [2.75, 3.05) is 19.8 Å². The number of rotatable bonds is 8. The first kappa shape index (κ1) is 16.2. The van der Waals surface area contributed by atoms with Crippen LogP contribution in [0.5, 0.6) is 0 Å². The molecule has 0 aromatic carbocycles. The fourth-order valence-corrected chi connectivity index (χ4v) is 1.94. The molecule has 8 heteroatoms. The maximum Gasteiger partial charge on any atom is 0.326 e. The first-order valence-corrected chi connectivity index (χ1v) is 6.55. The van der Waals surface area contributed by atoms with Crippen LogP contribution in [0.2, 0.25) is 0 Å². The summed E-state index contributed by atoms with van der Waals surface area (Å²) in [6.45, 7) is 1.87. The summed E-state index contributed by atoms with van der Waals surface area (Å²) in [5.41, 5.74) is 0. The van der Waals surface area contributed by atoms with Crippen molar-refractivity contribution in [3.05, 3.63) is 0 Å². The predicted octanol–water partition coefficient (Wildman–Crippen LogP) is 0.0302. The molecule has 1 unspecified atom stereocenters. The van der Waals surface area contributed by atoms with E-state index in [4.69, 9.17) is 14.9 Å². The highest BCUT2D eigenvalue weighted by Gasteiger charge is 2.21. The Hall–Kier alpha value is -1.83. The van der Waals surface area contributed by atoms with E-state index in [0.29, 0.717) is 19.1 Å². The van der Waals surface area contributed by atoms with Crippen LogP contribution in [-0.2, 0) is 14.3 Å². The van der Waals surface area contributed by atoms with Gasteiger partial charge in [0.25, 0.3) is 0 Å². The van der Waals surface area contributed by atoms with Crippen LogP contribution >= 0.6 is 0 Å². The smallest absolute Gasteiger partial charge is 0.326 e. The van der Waals surface area contributed by atoms with Gasteiger partial charge in [-0.3, -0.25) is 4.79 Å². The molecule has 0 bridgehead atoms. The lowest BCUT2D eigenvalue weighted by Gasteiger charge is -2.15. The van der Waals surface area contributed by atoms with Gasteiger partial charge in [0.05, 0.1) is 0 Å². The van der Waals surface area contributed by atoms with Gasteiger partial charge in [0.2, 0.25) is 0 Å². The number of carbonyl (C=O) groups excluding carboxylic acids is 1. The van der Waals surface area contributed by atoms with Crippen molar-refractivity contribution in [2.24, 2.45) is 5.92 Å². The minimum absolute atomic E-state index is 0.144. The maximum absolute atomic E-state index is 11.5. The molecule has 0 aromatic heterocycles. The lowest BCUT2D eigenvalue weighted by molar-refractivity contribution is -0.140. The number of carboxylic acid groups (broad SMARTS) is 2. The second-order valence-corrected chi connectivity index (χ2v) is 4.74. The van der Waals surface area contributed by atoms with Crippen LogP contribution in [0.4, 0.5) is 4.79 Å². The zero-order valence-electron chi connectivity index (χ0n) is 11.1. The van der Waals surface area contributed by atoms with Crippen LogP contribution in [0.3, 0.4) is 0 Å². The number of carboxylic acids is 2. The van der Waals surface area contributed by atoms with Gasteiger partial charge in [-0.05, 0) is 25.2 Å². The first-order chi connectivity index (χ1) is 9.49. The number of hydrogen-bond acceptors (Lipinski definition) is 4. The van der Waals surface area contributed by atoms with E-state index >= 15 is 0 Å². The predicted molar refractivity (Wildman–Crippen MR) is 68.4 cm³/mol. The third kappa shape index (κ3) is 6.37. The third-order valence-corrected chi connectivity index (χ3v) is 3.11. The van der Waals surface area contributed by atoms with Crippen LogP contribution in [-0.4, -0.2) is 54.0 Å². The Morgan fingerprint density at radius 2 is 2.05 bits per heavy atom. The molecule has 0 aliphatic carbocycles. The van der Waals surface area contributed by atoms with Crippen molar-refractivity contribution in [2.45, 2.75) is 31.7 Å². The Morgan fingerprint density at radius 1 is 1.30 bits per heavy atom. The Labute approximate surface area is 116 Å². The molecule has 8 nitrogen and oxygen atoms in total. The second-order valence-electron chi connectivity index (χ2n) is 4.74. The molecule has 4 N–H and O–H groups in total. The Morgan fingerprint density at radius 3 is 2.60 bits per heavy atom. The number of urea groups is 1. The van der Waals surface area contributed by atoms with Gasteiger partial charge in [-0.25, -0.2) is 9.59 Å². The second kappa shape index (κ2) is 8.36. The summed E-state index contributed by atoms with van der Waals surface area (Å²) in [4.78, 5) is 32.8. The average molecular weight is 288 g/mol. The lowest BCUT2D eigenvalue weighted by atomic mass is 10.1. The van der Waals surface area contributed by atoms with Gasteiger partial charge >= 0.3 is 18.0 Å². The fourth-order valence-electron chi connectivity index (χ4n) is 1.94. The summed E-state index contributed by atoms with van der Waals surface area (Å²) in [5, 5.41) is 22.2. The van der Waals surface area contributed by atoms with Crippen LogP contribution in [0, 0.1) is 5.92 Å². The third-order valence-electron chi connectivity index (χ3n) is 3.11. The summed E-state index contributed by atoms with van der Waals surface area (Å²) in [7, 11) is 0. The highest BCUT2D eigenvalue weighted by Crippen LogP contribution is 2.15. The monoisotopic (exact) mass is 288 g/mol. The summed E-state index contributed by atoms with van der Waals surface area (Å²) in [6.07, 6.45) is 1.30. The van der Waals surface area contributed by atoms with Crippen molar-refractivity contribution < 1.29 is 29.3 Å². The molecule has 114 valence electrons. The summed E-state index contributed by atoms with van der Waals surface area (Å²) >= 11 is 0. The van der Waals surface area contributed by atoms with E-state index in [1.165, 1.54) is 0 Å². The molecule has 0 spiro atoms. The van der Waals surface area contributed by atoms with E-state index in [0.717, 1.165) is 19.4 Å². The normalized spacial score (nSPS) is 19.3. The zero-order chi connectivity index (χ0) is 15.0. The number of amides is 2. The lowest BCUT2D eigenvalue weighted by Crippen LogP contribution is -2.46. The van der Waals surface area contributed by atoms with Crippen molar-refractivity contribution in [1.29, 1.82) is 0 Å². The summed E-state index contributed by atoms with van der Waals surface area (Å²) in [5.74, 6) is -1.91. The van der Waals surface area contributed by atoms with Gasteiger partial charge in [0, 0.05) is 26.2 Å². The van der Waals surface area contributed by atoms with Crippen molar-refractivity contribution in [3.63, 3.8) is 0 Å². The number of carbonyl (C=O) groups is 3. The number of ether oxygens (including phenoxy) is 1. The molecular weight excluding hydrogens is 268 g/mol. The van der Waals surface area contributed by atoms with Crippen LogP contribution < -0.4 is 10.6 Å². The fraction of sp³-hybridized carbons (Fsp3) is 0.750. The summed E-state index contributed by atoms with van der Waals surface area (Å²) in [6, 6.07) is -1.79. The molecule has 0 saturated carbocycles. The van der Waals surface area contributed by atoms with Crippen LogP contribution in [0.15, 0.2) is 0 Å². The molecule has 1 rings (SSSR count). The minimum Gasteiger partial charge on any atom is -0.481 e. The maximum atomic E-state index is 11.5. The molecule has 2 atom stereocenters. The standard InChI is InChI=1S/C12H20N2O6/c15-10(16)2-1-9(11(17)18)14-12(19)13-5-3-8-4-6-20-7-8/h8-9H,1-7H2,(H,15,16)(H,17,18)(H2,13,14,19)/t8?,9-/m0/s1. The topological polar surface area (TPSA) is 125 Å². The first-order valence-electron chi connectivity index (χ1n) is 6.55. The van der Waals surface area contributed by atoms with Crippen molar-refractivity contribution in [1.82, 2.24) is 10.6 Å². The molecule has 0 aromatic rings. The van der Waals surface area contributed by atoms with Gasteiger partial charge in [0.1, 0.15) is 6.04 Å². The van der Waals surface area contributed by atoms with E-state index in [1.54, 1.807) is 0 Å². The number of hydrogen-bond donors (Lipinski definition) is 4. The highest BCUT2D eigenvalue weighted by atomic mass is 16.5. The van der Waals surface area contributed by atoms with Gasteiger partial charge in [-0.15, -0.1) is 0 Å². The molecule has 1 aliphatic heterocycles. The van der Waals surface area contributed by atoms with Crippen molar-refractivity contribution >= 4 is 18.0 Å². The van der Waals surface area contributed by atoms with Gasteiger partial charge in [-0.1, -0.05) is 0 Å². The van der Waals surface area contributed by atoms with E-state index in [1.807, 2.05) is 0 Å². The molecule has 1 fully saturated rings. The van der Waals surface area contributed by atoms with E-state index in [9.17, 15) is 14.4 Å². The molecule has 20 heavy (non-hydrogen) atoms. The number of aliphatic carboxylic acids is 2. The van der Waals surface area contributed by atoms with Gasteiger partial charge in [0.15, 0.2) is 0 Å². The zero-order valence-corrected chi connectivity index (χ0v) is 11.1. The largest absolute Gasteiger partial charge is 0.481 e. The van der Waals surface area contributed by atoms with E-state index in [-0.39, 0.29) is 12.8 Å². The molecular formula is C12H20N2O6. The summed E-state index contributed by atoms with van der Waals surface area (Å²) < 4.78 is 5.20. The molecule has 0 radical (unpaired) electrons. The quantitative estimate of drug-likeness (QED) is 0.499. The van der Waals surface area contributed by atoms with E-state index < -0.39 is 24.0 Å². The van der Waals surface area contributed by atoms with E-state index in [2.05, 4.69) is 10.6 Å². The van der Waals surface area contributed by atoms with Crippen molar-refractivity contribution in [3.8, 4) is 0 Å². The van der Waals surface area contributed by atoms with Crippen LogP contribution in [0.1, 0.15) is 25.7 Å². The molecule has 2 amide bonds. The van der Waals surface area contributed by atoms with Gasteiger partial charge < -0.3 is 25.6 Å². The molecule has 1 heterocycles. The SMILES string of the molecule is O=C(O)CC[C@H](NC(=O)NCCC1CCOC1)C(=O)O. The Balaban J connectivity index is 2.22. The Kier molecular flexibility index (Phi) is 6.78. The molecule has 1 aliphatic rings.